The van der Waals surface area contributed by atoms with Crippen LogP contribution in [-0.2, 0) is 17.8 Å². The van der Waals surface area contributed by atoms with Crippen molar-refractivity contribution in [2.45, 2.75) is 38.0 Å². The summed E-state index contributed by atoms with van der Waals surface area (Å²) in [6.07, 6.45) is 3.39. The Morgan fingerprint density at radius 2 is 2.20 bits per heavy atom. The van der Waals surface area contributed by atoms with Crippen molar-refractivity contribution < 1.29 is 9.90 Å². The van der Waals surface area contributed by atoms with E-state index in [0.29, 0.717) is 25.9 Å². The average molecular weight is 274 g/mol. The summed E-state index contributed by atoms with van der Waals surface area (Å²) >= 11 is 0. The second kappa shape index (κ2) is 6.68. The van der Waals surface area contributed by atoms with Gasteiger partial charge in [-0.3, -0.25) is 9.69 Å². The van der Waals surface area contributed by atoms with Gasteiger partial charge >= 0.3 is 0 Å². The van der Waals surface area contributed by atoms with Crippen LogP contribution in [0.15, 0.2) is 36.9 Å². The predicted octanol–water partition coefficient (Wildman–Crippen LogP) is 1.23. The van der Waals surface area contributed by atoms with E-state index in [2.05, 4.69) is 12.6 Å². The van der Waals surface area contributed by atoms with Gasteiger partial charge in [0.2, 0.25) is 5.91 Å². The second-order valence-corrected chi connectivity index (χ2v) is 5.34. The van der Waals surface area contributed by atoms with E-state index in [1.54, 1.807) is 6.08 Å². The van der Waals surface area contributed by atoms with E-state index in [0.717, 1.165) is 6.42 Å². The van der Waals surface area contributed by atoms with E-state index >= 15 is 0 Å². The first-order chi connectivity index (χ1) is 9.61. The van der Waals surface area contributed by atoms with Gasteiger partial charge in [-0.2, -0.15) is 0 Å². The molecular formula is C16H22N2O2. The largest absolute Gasteiger partial charge is 0.392 e. The van der Waals surface area contributed by atoms with Crippen LogP contribution in [-0.4, -0.2) is 34.6 Å². The highest BCUT2D eigenvalue weighted by Gasteiger charge is 2.30. The topological polar surface area (TPSA) is 66.6 Å². The van der Waals surface area contributed by atoms with Crippen LogP contribution in [0.3, 0.4) is 0 Å². The van der Waals surface area contributed by atoms with Crippen LogP contribution in [0.5, 0.6) is 0 Å². The molecule has 20 heavy (non-hydrogen) atoms. The Morgan fingerprint density at radius 1 is 1.50 bits per heavy atom. The first kappa shape index (κ1) is 14.8. The molecule has 1 aromatic rings. The van der Waals surface area contributed by atoms with Gasteiger partial charge in [-0.15, -0.1) is 6.58 Å². The van der Waals surface area contributed by atoms with Crippen LogP contribution in [0.25, 0.3) is 0 Å². The molecule has 1 aliphatic heterocycles. The first-order valence-corrected chi connectivity index (χ1v) is 7.01. The maximum atomic E-state index is 11.7. The number of primary amides is 1. The highest BCUT2D eigenvalue weighted by atomic mass is 16.3. The number of amides is 1. The van der Waals surface area contributed by atoms with Crippen LogP contribution in [0.4, 0.5) is 0 Å². The summed E-state index contributed by atoms with van der Waals surface area (Å²) in [5.74, 6) is -0.324. The van der Waals surface area contributed by atoms with E-state index in [9.17, 15) is 9.90 Å². The van der Waals surface area contributed by atoms with Gasteiger partial charge in [0.05, 0.1) is 12.1 Å². The van der Waals surface area contributed by atoms with E-state index in [1.165, 1.54) is 11.1 Å². The number of fused-ring (bicyclic) bond motifs is 1. The van der Waals surface area contributed by atoms with Gasteiger partial charge in [-0.25, -0.2) is 0 Å². The molecule has 2 atom stereocenters. The molecule has 0 spiro atoms. The number of benzene rings is 1. The molecule has 0 saturated carbocycles. The fourth-order valence-corrected chi connectivity index (χ4v) is 2.72. The number of nitrogens with zero attached hydrogens (tertiary/aromatic N) is 1. The number of carbonyl (C=O) groups is 1. The zero-order valence-electron chi connectivity index (χ0n) is 11.7. The van der Waals surface area contributed by atoms with Crippen molar-refractivity contribution in [1.82, 2.24) is 4.90 Å². The summed E-state index contributed by atoms with van der Waals surface area (Å²) in [7, 11) is 0. The average Bonchev–Trinajstić information content (AvgIpc) is 2.44. The van der Waals surface area contributed by atoms with E-state index in [1.807, 2.05) is 23.1 Å². The standard InChI is InChI=1S/C16H22N2O2/c1-2-3-8-14(19)11-18-10-13-7-5-4-6-12(13)9-15(18)16(17)20/h2,4-7,14-15,19H,1,3,8-11H2,(H2,17,20)/t14?,15-/m0/s1. The third-order valence-electron chi connectivity index (χ3n) is 3.82. The number of allylic oxidation sites excluding steroid dienone is 1. The minimum absolute atomic E-state index is 0.324. The van der Waals surface area contributed by atoms with Gasteiger partial charge in [0.25, 0.3) is 0 Å². The summed E-state index contributed by atoms with van der Waals surface area (Å²) in [5.41, 5.74) is 7.90. The molecule has 2 rings (SSSR count). The molecule has 0 aromatic heterocycles. The summed E-state index contributed by atoms with van der Waals surface area (Å²) in [6, 6.07) is 7.75. The minimum atomic E-state index is -0.458. The van der Waals surface area contributed by atoms with E-state index in [-0.39, 0.29) is 11.9 Å². The van der Waals surface area contributed by atoms with Crippen LogP contribution in [0.2, 0.25) is 0 Å². The summed E-state index contributed by atoms with van der Waals surface area (Å²) < 4.78 is 0. The number of carbonyl (C=O) groups excluding carboxylic acids is 1. The zero-order valence-corrected chi connectivity index (χ0v) is 11.7. The normalized spacial score (nSPS) is 20.1. The first-order valence-electron chi connectivity index (χ1n) is 7.01. The Balaban J connectivity index is 2.10. The molecule has 4 nitrogen and oxygen atoms in total. The Hall–Kier alpha value is -1.65. The molecule has 0 fully saturated rings. The van der Waals surface area contributed by atoms with Crippen LogP contribution in [0.1, 0.15) is 24.0 Å². The lowest BCUT2D eigenvalue weighted by Gasteiger charge is -2.36. The lowest BCUT2D eigenvalue weighted by atomic mass is 9.93. The molecule has 1 heterocycles. The van der Waals surface area contributed by atoms with Gasteiger partial charge in [-0.1, -0.05) is 30.3 Å². The van der Waals surface area contributed by atoms with Crippen molar-refractivity contribution >= 4 is 5.91 Å². The van der Waals surface area contributed by atoms with Gasteiger partial charge in [0, 0.05) is 13.1 Å². The molecule has 4 heteroatoms. The second-order valence-electron chi connectivity index (χ2n) is 5.34. The predicted molar refractivity (Wildman–Crippen MR) is 79.0 cm³/mol. The van der Waals surface area contributed by atoms with E-state index < -0.39 is 6.10 Å². The van der Waals surface area contributed by atoms with Crippen molar-refractivity contribution in [3.05, 3.63) is 48.0 Å². The Kier molecular flexibility index (Phi) is 4.93. The van der Waals surface area contributed by atoms with Gasteiger partial charge in [-0.05, 0) is 30.4 Å². The fourth-order valence-electron chi connectivity index (χ4n) is 2.72. The Labute approximate surface area is 119 Å². The number of aliphatic hydroxyl groups is 1. The Morgan fingerprint density at radius 3 is 2.85 bits per heavy atom. The van der Waals surface area contributed by atoms with Crippen LogP contribution in [0, 0.1) is 0 Å². The van der Waals surface area contributed by atoms with Crippen molar-refractivity contribution in [3.8, 4) is 0 Å². The molecule has 1 amide bonds. The third-order valence-corrected chi connectivity index (χ3v) is 3.82. The minimum Gasteiger partial charge on any atom is -0.392 e. The lowest BCUT2D eigenvalue weighted by Crippen LogP contribution is -2.50. The zero-order chi connectivity index (χ0) is 14.5. The molecule has 0 aliphatic carbocycles. The molecule has 0 bridgehead atoms. The molecular weight excluding hydrogens is 252 g/mol. The number of hydrogen-bond donors (Lipinski definition) is 2. The molecule has 1 aliphatic rings. The van der Waals surface area contributed by atoms with Gasteiger partial charge in [0.15, 0.2) is 0 Å². The van der Waals surface area contributed by atoms with Crippen molar-refractivity contribution in [1.29, 1.82) is 0 Å². The summed E-state index contributed by atoms with van der Waals surface area (Å²) in [5, 5.41) is 10.0. The fraction of sp³-hybridized carbons (Fsp3) is 0.438. The summed E-state index contributed by atoms with van der Waals surface area (Å²) in [4.78, 5) is 13.6. The number of β-amino-alcohol motifs (C(OH)–C–C–N with tert-alkyl or cyclic N) is 1. The quantitative estimate of drug-likeness (QED) is 0.767. The summed E-state index contributed by atoms with van der Waals surface area (Å²) in [6.45, 7) is 4.78. The third kappa shape index (κ3) is 3.46. The maximum Gasteiger partial charge on any atom is 0.235 e. The Bertz CT molecular complexity index is 487. The van der Waals surface area contributed by atoms with E-state index in [4.69, 9.17) is 5.73 Å². The highest BCUT2D eigenvalue weighted by Crippen LogP contribution is 2.23. The molecule has 3 N–H and O–H groups in total. The number of rotatable bonds is 6. The maximum absolute atomic E-state index is 11.7. The highest BCUT2D eigenvalue weighted by molar-refractivity contribution is 5.80. The molecule has 0 radical (unpaired) electrons. The van der Waals surface area contributed by atoms with Crippen molar-refractivity contribution in [2.24, 2.45) is 5.73 Å². The number of nitrogens with two attached hydrogens (primary N) is 1. The smallest absolute Gasteiger partial charge is 0.235 e. The van der Waals surface area contributed by atoms with Crippen LogP contribution >= 0.6 is 0 Å². The van der Waals surface area contributed by atoms with Gasteiger partial charge < -0.3 is 10.8 Å². The van der Waals surface area contributed by atoms with Crippen molar-refractivity contribution in [3.63, 3.8) is 0 Å². The SMILES string of the molecule is C=CCCC(O)CN1Cc2ccccc2C[C@H]1C(N)=O. The number of aliphatic hydroxyl groups excluding tert-OH is 1. The molecule has 1 aromatic carbocycles. The molecule has 108 valence electrons. The van der Waals surface area contributed by atoms with Gasteiger partial charge in [0.1, 0.15) is 0 Å². The lowest BCUT2D eigenvalue weighted by molar-refractivity contribution is -0.124. The molecule has 0 saturated heterocycles. The monoisotopic (exact) mass is 274 g/mol. The molecule has 1 unspecified atom stereocenters. The number of hydrogen-bond acceptors (Lipinski definition) is 3. The van der Waals surface area contributed by atoms with Crippen molar-refractivity contribution in [2.75, 3.05) is 6.54 Å². The van der Waals surface area contributed by atoms with Crippen LogP contribution < -0.4 is 5.73 Å².